The van der Waals surface area contributed by atoms with E-state index in [1.165, 1.54) is 6.07 Å². The summed E-state index contributed by atoms with van der Waals surface area (Å²) < 4.78 is 13.6. The molecule has 1 amide bonds. The molecule has 1 aliphatic heterocycles. The van der Waals surface area contributed by atoms with Crippen molar-refractivity contribution in [3.8, 4) is 0 Å². The Morgan fingerprint density at radius 2 is 2.00 bits per heavy atom. The summed E-state index contributed by atoms with van der Waals surface area (Å²) in [5.41, 5.74) is 1.16. The summed E-state index contributed by atoms with van der Waals surface area (Å²) in [5.74, 6) is 0.0555. The van der Waals surface area contributed by atoms with Crippen LogP contribution in [-0.4, -0.2) is 29.0 Å². The molecule has 2 aromatic rings. The number of benzene rings is 1. The summed E-state index contributed by atoms with van der Waals surface area (Å²) in [6, 6.07) is 8.08. The van der Waals surface area contributed by atoms with Gasteiger partial charge in [-0.2, -0.15) is 0 Å². The predicted octanol–water partition coefficient (Wildman–Crippen LogP) is 2.78. The number of carbonyl (C=O) groups excluding carboxylic acids is 1. The highest BCUT2D eigenvalue weighted by Crippen LogP contribution is 2.23. The first-order chi connectivity index (χ1) is 11.1. The summed E-state index contributed by atoms with van der Waals surface area (Å²) in [4.78, 5) is 23.1. The Kier molecular flexibility index (Phi) is 4.50. The first-order valence-corrected chi connectivity index (χ1v) is 7.73. The summed E-state index contributed by atoms with van der Waals surface area (Å²) in [6.07, 6.45) is 3.16. The molecular weight excluding hydrogens is 295 g/mol. The molecule has 0 spiro atoms. The number of para-hydroxylation sites is 1. The number of piperidine rings is 1. The molecule has 5 nitrogen and oxygen atoms in total. The fourth-order valence-corrected chi connectivity index (χ4v) is 2.73. The van der Waals surface area contributed by atoms with Gasteiger partial charge >= 0.3 is 0 Å². The Balaban J connectivity index is 1.58. The second-order valence-electron chi connectivity index (χ2n) is 5.73. The highest BCUT2D eigenvalue weighted by molar-refractivity contribution is 5.92. The molecular formula is C17H19FN4O. The predicted molar refractivity (Wildman–Crippen MR) is 86.7 cm³/mol. The molecule has 3 rings (SSSR count). The van der Waals surface area contributed by atoms with E-state index in [2.05, 4.69) is 20.2 Å². The molecule has 0 unspecified atom stereocenters. The van der Waals surface area contributed by atoms with Crippen LogP contribution in [0.2, 0.25) is 0 Å². The SMILES string of the molecule is Cc1ccnc(N2CCC(C(=O)Nc3ccccc3F)CC2)n1. The average Bonchev–Trinajstić information content (AvgIpc) is 2.57. The second-order valence-corrected chi connectivity index (χ2v) is 5.73. The van der Waals surface area contributed by atoms with Crippen molar-refractivity contribution in [2.24, 2.45) is 5.92 Å². The number of aromatic nitrogens is 2. The minimum Gasteiger partial charge on any atom is -0.341 e. The molecule has 120 valence electrons. The third-order valence-electron chi connectivity index (χ3n) is 4.06. The number of aryl methyl sites for hydroxylation is 1. The molecule has 1 N–H and O–H groups in total. The Bertz CT molecular complexity index is 698. The number of amides is 1. The molecule has 0 aliphatic carbocycles. The van der Waals surface area contributed by atoms with Crippen molar-refractivity contribution in [1.29, 1.82) is 0 Å². The standard InChI is InChI=1S/C17H19FN4O/c1-12-6-9-19-17(20-12)22-10-7-13(8-11-22)16(23)21-15-5-3-2-4-14(15)18/h2-6,9,13H,7-8,10-11H2,1H3,(H,21,23). The zero-order valence-corrected chi connectivity index (χ0v) is 13.0. The number of rotatable bonds is 3. The van der Waals surface area contributed by atoms with Crippen LogP contribution in [0.3, 0.4) is 0 Å². The molecule has 1 aromatic heterocycles. The number of carbonyl (C=O) groups is 1. The van der Waals surface area contributed by atoms with E-state index < -0.39 is 5.82 Å². The number of hydrogen-bond acceptors (Lipinski definition) is 4. The maximum Gasteiger partial charge on any atom is 0.227 e. The fraction of sp³-hybridized carbons (Fsp3) is 0.353. The number of nitrogens with one attached hydrogen (secondary N) is 1. The normalized spacial score (nSPS) is 15.5. The van der Waals surface area contributed by atoms with E-state index in [9.17, 15) is 9.18 Å². The van der Waals surface area contributed by atoms with E-state index in [-0.39, 0.29) is 17.5 Å². The summed E-state index contributed by atoms with van der Waals surface area (Å²) >= 11 is 0. The van der Waals surface area contributed by atoms with Gasteiger partial charge in [0.2, 0.25) is 11.9 Å². The van der Waals surface area contributed by atoms with Crippen LogP contribution in [0.1, 0.15) is 18.5 Å². The topological polar surface area (TPSA) is 58.1 Å². The number of nitrogens with zero attached hydrogens (tertiary/aromatic N) is 3. The zero-order valence-electron chi connectivity index (χ0n) is 13.0. The molecule has 0 atom stereocenters. The van der Waals surface area contributed by atoms with Crippen molar-refractivity contribution in [3.05, 3.63) is 48.0 Å². The summed E-state index contributed by atoms with van der Waals surface area (Å²) in [7, 11) is 0. The molecule has 1 aromatic carbocycles. The summed E-state index contributed by atoms with van der Waals surface area (Å²) in [6.45, 7) is 3.37. The molecule has 1 saturated heterocycles. The minimum atomic E-state index is -0.411. The van der Waals surface area contributed by atoms with Gasteiger partial charge in [-0.15, -0.1) is 0 Å². The largest absolute Gasteiger partial charge is 0.341 e. The maximum absolute atomic E-state index is 13.6. The number of anilines is 2. The van der Waals surface area contributed by atoms with E-state index in [0.29, 0.717) is 18.8 Å². The van der Waals surface area contributed by atoms with Crippen molar-refractivity contribution in [1.82, 2.24) is 9.97 Å². The fourth-order valence-electron chi connectivity index (χ4n) is 2.73. The lowest BCUT2D eigenvalue weighted by atomic mass is 9.96. The van der Waals surface area contributed by atoms with Crippen molar-refractivity contribution >= 4 is 17.5 Å². The lowest BCUT2D eigenvalue weighted by Crippen LogP contribution is -2.39. The second kappa shape index (κ2) is 6.73. The van der Waals surface area contributed by atoms with Crippen LogP contribution in [0.15, 0.2) is 36.5 Å². The molecule has 6 heteroatoms. The first kappa shape index (κ1) is 15.4. The van der Waals surface area contributed by atoms with Gasteiger partial charge in [-0.25, -0.2) is 14.4 Å². The third kappa shape index (κ3) is 3.64. The molecule has 0 radical (unpaired) electrons. The maximum atomic E-state index is 13.6. The minimum absolute atomic E-state index is 0.115. The van der Waals surface area contributed by atoms with Gasteiger partial charge in [0.1, 0.15) is 5.82 Å². The van der Waals surface area contributed by atoms with E-state index in [1.54, 1.807) is 24.4 Å². The van der Waals surface area contributed by atoms with Crippen molar-refractivity contribution in [2.75, 3.05) is 23.3 Å². The first-order valence-electron chi connectivity index (χ1n) is 7.73. The van der Waals surface area contributed by atoms with Crippen LogP contribution in [0.25, 0.3) is 0 Å². The average molecular weight is 314 g/mol. The van der Waals surface area contributed by atoms with Gasteiger partial charge in [0.05, 0.1) is 5.69 Å². The molecule has 1 aliphatic rings. The van der Waals surface area contributed by atoms with Crippen molar-refractivity contribution < 1.29 is 9.18 Å². The Labute approximate surface area is 134 Å². The lowest BCUT2D eigenvalue weighted by molar-refractivity contribution is -0.120. The lowest BCUT2D eigenvalue weighted by Gasteiger charge is -2.31. The van der Waals surface area contributed by atoms with E-state index >= 15 is 0 Å². The Morgan fingerprint density at radius 3 is 2.70 bits per heavy atom. The van der Waals surface area contributed by atoms with Crippen LogP contribution in [0.5, 0.6) is 0 Å². The van der Waals surface area contributed by atoms with Crippen LogP contribution in [-0.2, 0) is 4.79 Å². The Hall–Kier alpha value is -2.50. The van der Waals surface area contributed by atoms with E-state index in [0.717, 1.165) is 18.8 Å². The van der Waals surface area contributed by atoms with Gasteiger partial charge in [-0.05, 0) is 38.0 Å². The number of hydrogen-bond donors (Lipinski definition) is 1. The van der Waals surface area contributed by atoms with Gasteiger partial charge in [-0.3, -0.25) is 4.79 Å². The smallest absolute Gasteiger partial charge is 0.227 e. The van der Waals surface area contributed by atoms with Crippen molar-refractivity contribution in [3.63, 3.8) is 0 Å². The van der Waals surface area contributed by atoms with Gasteiger partial charge < -0.3 is 10.2 Å². The van der Waals surface area contributed by atoms with Gasteiger partial charge in [0, 0.05) is 30.9 Å². The zero-order chi connectivity index (χ0) is 16.2. The van der Waals surface area contributed by atoms with Crippen LogP contribution in [0, 0.1) is 18.7 Å². The quantitative estimate of drug-likeness (QED) is 0.946. The molecule has 0 saturated carbocycles. The van der Waals surface area contributed by atoms with Gasteiger partial charge in [0.15, 0.2) is 0 Å². The Morgan fingerprint density at radius 1 is 1.26 bits per heavy atom. The van der Waals surface area contributed by atoms with Crippen LogP contribution >= 0.6 is 0 Å². The van der Waals surface area contributed by atoms with Gasteiger partial charge in [-0.1, -0.05) is 12.1 Å². The summed E-state index contributed by atoms with van der Waals surface area (Å²) in [5, 5.41) is 2.68. The van der Waals surface area contributed by atoms with E-state index in [1.807, 2.05) is 13.0 Å². The molecule has 2 heterocycles. The van der Waals surface area contributed by atoms with Crippen molar-refractivity contribution in [2.45, 2.75) is 19.8 Å². The monoisotopic (exact) mass is 314 g/mol. The van der Waals surface area contributed by atoms with Crippen LogP contribution in [0.4, 0.5) is 16.0 Å². The molecule has 0 bridgehead atoms. The number of halogens is 1. The highest BCUT2D eigenvalue weighted by Gasteiger charge is 2.26. The third-order valence-corrected chi connectivity index (χ3v) is 4.06. The highest BCUT2D eigenvalue weighted by atomic mass is 19.1. The van der Waals surface area contributed by atoms with Crippen LogP contribution < -0.4 is 10.2 Å². The van der Waals surface area contributed by atoms with E-state index in [4.69, 9.17) is 0 Å². The molecule has 1 fully saturated rings. The van der Waals surface area contributed by atoms with Gasteiger partial charge in [0.25, 0.3) is 0 Å². The molecule has 23 heavy (non-hydrogen) atoms.